The Hall–Kier alpha value is -2.05. The Balaban J connectivity index is 2.84. The molecule has 82 valence electrons. The van der Waals surface area contributed by atoms with Gasteiger partial charge in [0.05, 0.1) is 0 Å². The van der Waals surface area contributed by atoms with Crippen molar-refractivity contribution in [2.45, 2.75) is 19.8 Å². The molecule has 1 aromatic heterocycles. The Kier molecular flexibility index (Phi) is 3.27. The Labute approximate surface area is 87.0 Å². The summed E-state index contributed by atoms with van der Waals surface area (Å²) in [5, 5.41) is 3.69. The fraction of sp³-hybridized carbons (Fsp3) is 0.375. The molecule has 1 rings (SSSR count). The van der Waals surface area contributed by atoms with Gasteiger partial charge in [0.25, 0.3) is 0 Å². The third-order valence-corrected chi connectivity index (χ3v) is 1.56. The normalized spacial score (nSPS) is 11.8. The van der Waals surface area contributed by atoms with Gasteiger partial charge in [0.1, 0.15) is 5.76 Å². The molecule has 6 N–H and O–H groups in total. The summed E-state index contributed by atoms with van der Waals surface area (Å²) in [4.78, 5) is 7.39. The van der Waals surface area contributed by atoms with E-state index in [0.29, 0.717) is 5.82 Å². The maximum absolute atomic E-state index is 5.41. The molecule has 0 radical (unpaired) electrons. The fourth-order valence-electron chi connectivity index (χ4n) is 0.879. The highest BCUT2D eigenvalue weighted by Crippen LogP contribution is 2.19. The second kappa shape index (κ2) is 4.45. The van der Waals surface area contributed by atoms with Crippen molar-refractivity contribution in [3.8, 4) is 0 Å². The van der Waals surface area contributed by atoms with E-state index in [-0.39, 0.29) is 17.8 Å². The molecular formula is C8H14N6O. The predicted molar refractivity (Wildman–Crippen MR) is 57.7 cm³/mol. The Bertz CT molecular complexity index is 388. The lowest BCUT2D eigenvalue weighted by Crippen LogP contribution is -2.26. The molecule has 1 heterocycles. The topological polar surface area (TPSA) is 129 Å². The molecule has 0 saturated carbocycles. The molecule has 15 heavy (non-hydrogen) atoms. The van der Waals surface area contributed by atoms with Gasteiger partial charge in [-0.3, -0.25) is 0 Å². The van der Waals surface area contributed by atoms with Crippen LogP contribution in [0.4, 0.5) is 5.82 Å². The van der Waals surface area contributed by atoms with E-state index in [9.17, 15) is 0 Å². The van der Waals surface area contributed by atoms with Gasteiger partial charge in [-0.1, -0.05) is 19.0 Å². The van der Waals surface area contributed by atoms with Crippen molar-refractivity contribution in [1.82, 2.24) is 5.16 Å². The monoisotopic (exact) mass is 210 g/mol. The molecule has 1 aromatic rings. The van der Waals surface area contributed by atoms with Gasteiger partial charge in [-0.2, -0.15) is 9.98 Å². The molecule has 0 aliphatic heterocycles. The minimum Gasteiger partial charge on any atom is -0.370 e. The molecule has 0 aliphatic carbocycles. The quantitative estimate of drug-likeness (QED) is 0.468. The van der Waals surface area contributed by atoms with Gasteiger partial charge in [-0.15, -0.1) is 0 Å². The summed E-state index contributed by atoms with van der Waals surface area (Å²) in [5.41, 5.74) is 15.7. The first kappa shape index (κ1) is 11.0. The second-order valence-corrected chi connectivity index (χ2v) is 3.25. The summed E-state index contributed by atoms with van der Waals surface area (Å²) < 4.78 is 5.01. The SMILES string of the molecule is CC(C)c1cc(N=C(N)N=C(N)N)no1. The summed E-state index contributed by atoms with van der Waals surface area (Å²) in [5.74, 6) is 1.11. The van der Waals surface area contributed by atoms with Crippen LogP contribution in [0.5, 0.6) is 0 Å². The minimum atomic E-state index is -0.149. The minimum absolute atomic E-state index is 0.0568. The van der Waals surface area contributed by atoms with Crippen molar-refractivity contribution in [3.63, 3.8) is 0 Å². The molecule has 7 nitrogen and oxygen atoms in total. The van der Waals surface area contributed by atoms with Crippen LogP contribution in [0.15, 0.2) is 20.6 Å². The second-order valence-electron chi connectivity index (χ2n) is 3.25. The Morgan fingerprint density at radius 1 is 1.40 bits per heavy atom. The third kappa shape index (κ3) is 3.29. The lowest BCUT2D eigenvalue weighted by molar-refractivity contribution is 0.373. The van der Waals surface area contributed by atoms with Gasteiger partial charge in [-0.05, 0) is 0 Å². The summed E-state index contributed by atoms with van der Waals surface area (Å²) in [6, 6.07) is 1.68. The van der Waals surface area contributed by atoms with E-state index < -0.39 is 0 Å². The first-order valence-corrected chi connectivity index (χ1v) is 4.39. The zero-order valence-electron chi connectivity index (χ0n) is 8.64. The Morgan fingerprint density at radius 3 is 2.53 bits per heavy atom. The van der Waals surface area contributed by atoms with E-state index in [2.05, 4.69) is 15.1 Å². The lowest BCUT2D eigenvalue weighted by atomic mass is 10.2. The van der Waals surface area contributed by atoms with Crippen LogP contribution in [-0.4, -0.2) is 17.1 Å². The number of aliphatic imine (C=N–C) groups is 2. The Morgan fingerprint density at radius 2 is 2.07 bits per heavy atom. The highest BCUT2D eigenvalue weighted by molar-refractivity contribution is 5.93. The van der Waals surface area contributed by atoms with Crippen molar-refractivity contribution in [2.75, 3.05) is 0 Å². The van der Waals surface area contributed by atoms with Crippen molar-refractivity contribution in [3.05, 3.63) is 11.8 Å². The number of hydrogen-bond acceptors (Lipinski definition) is 3. The first-order valence-electron chi connectivity index (χ1n) is 4.39. The number of guanidine groups is 2. The molecule has 0 atom stereocenters. The van der Waals surface area contributed by atoms with E-state index >= 15 is 0 Å². The van der Waals surface area contributed by atoms with Gasteiger partial charge in [-0.25, -0.2) is 0 Å². The van der Waals surface area contributed by atoms with Gasteiger partial charge in [0.15, 0.2) is 11.8 Å². The van der Waals surface area contributed by atoms with Crippen LogP contribution >= 0.6 is 0 Å². The molecule has 7 heteroatoms. The maximum atomic E-state index is 5.41. The van der Waals surface area contributed by atoms with E-state index in [1.807, 2.05) is 13.8 Å². The molecule has 0 spiro atoms. The van der Waals surface area contributed by atoms with Crippen LogP contribution in [0.3, 0.4) is 0 Å². The highest BCUT2D eigenvalue weighted by Gasteiger charge is 2.07. The van der Waals surface area contributed by atoms with Gasteiger partial charge < -0.3 is 21.7 Å². The smallest absolute Gasteiger partial charge is 0.225 e. The van der Waals surface area contributed by atoms with Crippen molar-refractivity contribution in [2.24, 2.45) is 27.2 Å². The van der Waals surface area contributed by atoms with Crippen LogP contribution in [0.2, 0.25) is 0 Å². The van der Waals surface area contributed by atoms with E-state index in [4.69, 9.17) is 21.7 Å². The van der Waals surface area contributed by atoms with Crippen LogP contribution in [0.1, 0.15) is 25.5 Å². The van der Waals surface area contributed by atoms with Gasteiger partial charge in [0.2, 0.25) is 5.96 Å². The molecule has 0 unspecified atom stereocenters. The number of nitrogens with two attached hydrogens (primary N) is 3. The van der Waals surface area contributed by atoms with Gasteiger partial charge >= 0.3 is 0 Å². The number of aromatic nitrogens is 1. The zero-order valence-corrected chi connectivity index (χ0v) is 8.64. The molecular weight excluding hydrogens is 196 g/mol. The average Bonchev–Trinajstić information content (AvgIpc) is 2.50. The summed E-state index contributed by atoms with van der Waals surface area (Å²) in [6.07, 6.45) is 0. The largest absolute Gasteiger partial charge is 0.370 e. The van der Waals surface area contributed by atoms with Crippen LogP contribution in [-0.2, 0) is 0 Å². The number of rotatable bonds is 2. The first-order chi connectivity index (χ1) is 6.99. The van der Waals surface area contributed by atoms with Crippen LogP contribution in [0.25, 0.3) is 0 Å². The molecule has 0 saturated heterocycles. The lowest BCUT2D eigenvalue weighted by Gasteiger charge is -1.93. The molecule has 0 amide bonds. The molecule has 0 aromatic carbocycles. The van der Waals surface area contributed by atoms with Crippen LogP contribution < -0.4 is 17.2 Å². The molecule has 0 fully saturated rings. The van der Waals surface area contributed by atoms with E-state index in [1.165, 1.54) is 0 Å². The third-order valence-electron chi connectivity index (χ3n) is 1.56. The maximum Gasteiger partial charge on any atom is 0.225 e. The number of nitrogens with zero attached hydrogens (tertiary/aromatic N) is 3. The van der Waals surface area contributed by atoms with Crippen molar-refractivity contribution >= 4 is 17.7 Å². The van der Waals surface area contributed by atoms with E-state index in [0.717, 1.165) is 5.76 Å². The van der Waals surface area contributed by atoms with Gasteiger partial charge in [0, 0.05) is 12.0 Å². The van der Waals surface area contributed by atoms with E-state index in [1.54, 1.807) is 6.07 Å². The summed E-state index contributed by atoms with van der Waals surface area (Å²) in [6.45, 7) is 3.96. The fourth-order valence-corrected chi connectivity index (χ4v) is 0.879. The zero-order chi connectivity index (χ0) is 11.4. The summed E-state index contributed by atoms with van der Waals surface area (Å²) >= 11 is 0. The molecule has 0 bridgehead atoms. The highest BCUT2D eigenvalue weighted by atomic mass is 16.5. The molecule has 0 aliphatic rings. The predicted octanol–water partition coefficient (Wildman–Crippen LogP) is 0.0176. The summed E-state index contributed by atoms with van der Waals surface area (Å²) in [7, 11) is 0. The van der Waals surface area contributed by atoms with Crippen molar-refractivity contribution < 1.29 is 4.52 Å². The average molecular weight is 210 g/mol. The standard InChI is InChI=1S/C8H14N6O/c1-4(2)5-3-6(14-15-5)12-8(11)13-7(9)10/h3-4H,1-2H3,(H6,9,10,11,12,13,14). The number of hydrogen-bond donors (Lipinski definition) is 3. The van der Waals surface area contributed by atoms with Crippen molar-refractivity contribution in [1.29, 1.82) is 0 Å². The van der Waals surface area contributed by atoms with Crippen LogP contribution in [0, 0.1) is 0 Å².